The van der Waals surface area contributed by atoms with Gasteiger partial charge in [-0.2, -0.15) is 0 Å². The fourth-order valence-electron chi connectivity index (χ4n) is 2.08. The maximum absolute atomic E-state index is 11.9. The van der Waals surface area contributed by atoms with Crippen molar-refractivity contribution in [2.75, 3.05) is 18.9 Å². The van der Waals surface area contributed by atoms with E-state index in [1.54, 1.807) is 7.05 Å². The summed E-state index contributed by atoms with van der Waals surface area (Å²) < 4.78 is 0. The number of carbonyl (C=O) groups is 2. The molecule has 1 N–H and O–H groups in total. The van der Waals surface area contributed by atoms with Gasteiger partial charge in [-0.05, 0) is 31.4 Å². The summed E-state index contributed by atoms with van der Waals surface area (Å²) in [6, 6.07) is 7.60. The van der Waals surface area contributed by atoms with Crippen LogP contribution in [0.2, 0.25) is 0 Å². The van der Waals surface area contributed by atoms with Crippen LogP contribution < -0.4 is 5.32 Å². The maximum atomic E-state index is 11.9. The second-order valence-corrected chi connectivity index (χ2v) is 5.43. The van der Waals surface area contributed by atoms with Crippen LogP contribution in [0.15, 0.2) is 24.3 Å². The van der Waals surface area contributed by atoms with Crippen molar-refractivity contribution in [1.82, 2.24) is 4.90 Å². The van der Waals surface area contributed by atoms with Gasteiger partial charge in [-0.3, -0.25) is 9.59 Å². The summed E-state index contributed by atoms with van der Waals surface area (Å²) in [7, 11) is 1.68. The van der Waals surface area contributed by atoms with Crippen LogP contribution in [0.3, 0.4) is 0 Å². The van der Waals surface area contributed by atoms with Crippen LogP contribution >= 0.6 is 0 Å². The monoisotopic (exact) mass is 260 g/mol. The van der Waals surface area contributed by atoms with Gasteiger partial charge in [-0.15, -0.1) is 0 Å². The lowest BCUT2D eigenvalue weighted by molar-refractivity contribution is -0.134. The van der Waals surface area contributed by atoms with Crippen LogP contribution in [0.1, 0.15) is 18.9 Å². The number of hydrogen-bond donors (Lipinski definition) is 1. The molecule has 2 rings (SSSR count). The number of aryl methyl sites for hydroxylation is 1. The maximum Gasteiger partial charge on any atom is 0.243 e. The molecule has 1 aliphatic carbocycles. The summed E-state index contributed by atoms with van der Waals surface area (Å²) in [6.07, 6.45) is 0.947. The summed E-state index contributed by atoms with van der Waals surface area (Å²) >= 11 is 0. The van der Waals surface area contributed by atoms with Crippen LogP contribution in [0.5, 0.6) is 0 Å². The molecule has 0 spiro atoms. The van der Waals surface area contributed by atoms with E-state index in [1.165, 1.54) is 4.90 Å². The lowest BCUT2D eigenvalue weighted by atomic mass is 10.2. The largest absolute Gasteiger partial charge is 0.336 e. The molecule has 102 valence electrons. The van der Waals surface area contributed by atoms with Gasteiger partial charge < -0.3 is 10.2 Å². The average molecular weight is 260 g/mol. The summed E-state index contributed by atoms with van der Waals surface area (Å²) in [5.41, 5.74) is 1.91. The van der Waals surface area contributed by atoms with Crippen molar-refractivity contribution in [2.24, 2.45) is 11.8 Å². The van der Waals surface area contributed by atoms with Crippen molar-refractivity contribution in [3.05, 3.63) is 29.8 Å². The molecule has 1 fully saturated rings. The average Bonchev–Trinajstić information content (AvgIpc) is 3.08. The topological polar surface area (TPSA) is 49.4 Å². The van der Waals surface area contributed by atoms with E-state index in [4.69, 9.17) is 0 Å². The Hall–Kier alpha value is -1.84. The van der Waals surface area contributed by atoms with E-state index < -0.39 is 0 Å². The Morgan fingerprint density at radius 2 is 1.89 bits per heavy atom. The van der Waals surface area contributed by atoms with Crippen molar-refractivity contribution >= 4 is 17.5 Å². The van der Waals surface area contributed by atoms with Crippen LogP contribution in [0.25, 0.3) is 0 Å². The molecule has 4 heteroatoms. The molecule has 1 aliphatic rings. The molecule has 2 atom stereocenters. The first kappa shape index (κ1) is 13.6. The lowest BCUT2D eigenvalue weighted by Gasteiger charge is -2.16. The van der Waals surface area contributed by atoms with Crippen molar-refractivity contribution in [3.8, 4) is 0 Å². The zero-order valence-electron chi connectivity index (χ0n) is 11.6. The molecule has 1 aromatic rings. The minimum atomic E-state index is -0.159. The van der Waals surface area contributed by atoms with Crippen LogP contribution in [0, 0.1) is 18.8 Å². The third-order valence-corrected chi connectivity index (χ3v) is 3.52. The second-order valence-electron chi connectivity index (χ2n) is 5.43. The first-order valence-corrected chi connectivity index (χ1v) is 6.59. The zero-order chi connectivity index (χ0) is 14.0. The van der Waals surface area contributed by atoms with Gasteiger partial charge in [-0.25, -0.2) is 0 Å². The van der Waals surface area contributed by atoms with Gasteiger partial charge in [0.1, 0.15) is 0 Å². The molecule has 1 saturated carbocycles. The molecule has 0 aromatic heterocycles. The molecule has 0 radical (unpaired) electrons. The number of hydrogen-bond acceptors (Lipinski definition) is 2. The van der Waals surface area contributed by atoms with E-state index in [9.17, 15) is 9.59 Å². The first-order chi connectivity index (χ1) is 8.97. The first-order valence-electron chi connectivity index (χ1n) is 6.59. The quantitative estimate of drug-likeness (QED) is 0.900. The highest BCUT2D eigenvalue weighted by atomic mass is 16.2. The van der Waals surface area contributed by atoms with Crippen LogP contribution in [0.4, 0.5) is 5.69 Å². The number of likely N-dealkylation sites (N-methyl/N-ethyl adjacent to an activating group) is 1. The number of rotatable bonds is 4. The third kappa shape index (κ3) is 3.56. The number of carbonyl (C=O) groups excluding carboxylic acids is 2. The molecule has 2 unspecified atom stereocenters. The minimum Gasteiger partial charge on any atom is -0.336 e. The van der Waals surface area contributed by atoms with Gasteiger partial charge in [0.05, 0.1) is 6.54 Å². The highest BCUT2D eigenvalue weighted by Crippen LogP contribution is 2.38. The molecule has 4 nitrogen and oxygen atoms in total. The molecule has 2 amide bonds. The van der Waals surface area contributed by atoms with E-state index in [0.29, 0.717) is 5.92 Å². The Kier molecular flexibility index (Phi) is 3.88. The van der Waals surface area contributed by atoms with Crippen molar-refractivity contribution in [3.63, 3.8) is 0 Å². The van der Waals surface area contributed by atoms with Gasteiger partial charge in [-0.1, -0.05) is 24.6 Å². The van der Waals surface area contributed by atoms with Crippen molar-refractivity contribution < 1.29 is 9.59 Å². The van der Waals surface area contributed by atoms with Gasteiger partial charge in [0.25, 0.3) is 0 Å². The summed E-state index contributed by atoms with van der Waals surface area (Å²) in [4.78, 5) is 25.2. The fraction of sp³-hybridized carbons (Fsp3) is 0.467. The molecule has 0 saturated heterocycles. The van der Waals surface area contributed by atoms with Gasteiger partial charge in [0.15, 0.2) is 0 Å². The Morgan fingerprint density at radius 1 is 1.32 bits per heavy atom. The third-order valence-electron chi connectivity index (χ3n) is 3.52. The smallest absolute Gasteiger partial charge is 0.243 e. The molecule has 0 bridgehead atoms. The van der Waals surface area contributed by atoms with E-state index in [1.807, 2.05) is 31.2 Å². The van der Waals surface area contributed by atoms with E-state index in [-0.39, 0.29) is 24.3 Å². The van der Waals surface area contributed by atoms with Gasteiger partial charge >= 0.3 is 0 Å². The highest BCUT2D eigenvalue weighted by molar-refractivity contribution is 5.95. The normalized spacial score (nSPS) is 20.8. The minimum absolute atomic E-state index is 0.0755. The van der Waals surface area contributed by atoms with E-state index >= 15 is 0 Å². The Bertz CT molecular complexity index is 481. The Morgan fingerprint density at radius 3 is 2.42 bits per heavy atom. The van der Waals surface area contributed by atoms with Gasteiger partial charge in [0.2, 0.25) is 11.8 Å². The van der Waals surface area contributed by atoms with Crippen molar-refractivity contribution in [2.45, 2.75) is 20.3 Å². The van der Waals surface area contributed by atoms with Crippen molar-refractivity contribution in [1.29, 1.82) is 0 Å². The Labute approximate surface area is 113 Å². The standard InChI is InChI=1S/C15H20N2O2/c1-10-4-6-12(7-5-10)16-14(18)9-17(3)15(19)13-8-11(13)2/h4-7,11,13H,8-9H2,1-3H3,(H,16,18). The predicted molar refractivity (Wildman–Crippen MR) is 74.7 cm³/mol. The number of nitrogens with zero attached hydrogens (tertiary/aromatic N) is 1. The predicted octanol–water partition coefficient (Wildman–Crippen LogP) is 2.05. The fourth-order valence-corrected chi connectivity index (χ4v) is 2.08. The summed E-state index contributed by atoms with van der Waals surface area (Å²) in [6.45, 7) is 4.16. The van der Waals surface area contributed by atoms with Crippen LogP contribution in [-0.4, -0.2) is 30.3 Å². The van der Waals surface area contributed by atoms with E-state index in [0.717, 1.165) is 17.7 Å². The molecular formula is C15H20N2O2. The molecular weight excluding hydrogens is 240 g/mol. The highest BCUT2D eigenvalue weighted by Gasteiger charge is 2.40. The van der Waals surface area contributed by atoms with Gasteiger partial charge in [0, 0.05) is 18.7 Å². The number of anilines is 1. The van der Waals surface area contributed by atoms with Crippen LogP contribution in [-0.2, 0) is 9.59 Å². The number of nitrogens with one attached hydrogen (secondary N) is 1. The summed E-state index contributed by atoms with van der Waals surface area (Å²) in [5.74, 6) is 0.506. The molecule has 1 aromatic carbocycles. The Balaban J connectivity index is 1.83. The zero-order valence-corrected chi connectivity index (χ0v) is 11.6. The number of amides is 2. The molecule has 0 heterocycles. The molecule has 0 aliphatic heterocycles. The second kappa shape index (κ2) is 5.43. The molecule has 19 heavy (non-hydrogen) atoms. The number of benzene rings is 1. The SMILES string of the molecule is Cc1ccc(NC(=O)CN(C)C(=O)C2CC2C)cc1. The lowest BCUT2D eigenvalue weighted by Crippen LogP contribution is -2.36. The van der Waals surface area contributed by atoms with E-state index in [2.05, 4.69) is 12.2 Å². The summed E-state index contributed by atoms with van der Waals surface area (Å²) in [5, 5.41) is 2.79.